The van der Waals surface area contributed by atoms with Gasteiger partial charge < -0.3 is 9.53 Å². The van der Waals surface area contributed by atoms with Gasteiger partial charge in [-0.25, -0.2) is 0 Å². The molecule has 1 aromatic carbocycles. The highest BCUT2D eigenvalue weighted by molar-refractivity contribution is 5.98. The molecule has 0 unspecified atom stereocenters. The highest BCUT2D eigenvalue weighted by Crippen LogP contribution is 2.16. The second-order valence-electron chi connectivity index (χ2n) is 3.53. The van der Waals surface area contributed by atoms with Gasteiger partial charge in [-0.05, 0) is 31.2 Å². The van der Waals surface area contributed by atoms with Crippen LogP contribution in [0, 0.1) is 0 Å². The Hall–Kier alpha value is -1.78. The van der Waals surface area contributed by atoms with Crippen molar-refractivity contribution in [1.82, 2.24) is 0 Å². The number of alkyl halides is 2. The number of benzene rings is 1. The summed E-state index contributed by atoms with van der Waals surface area (Å²) in [5.74, 6) is -0.247. The van der Waals surface area contributed by atoms with Gasteiger partial charge in [-0.15, -0.1) is 0 Å². The third-order valence-electron chi connectivity index (χ3n) is 2.11. The number of ketones is 2. The van der Waals surface area contributed by atoms with E-state index in [0.717, 1.165) is 0 Å². The standard InChI is InChI=1S/C12H12F2O3/c1-8(15)2-7-11(16)9-3-5-10(6-4-9)17-12(13)14/h3-6,12H,2,7H2,1H3. The van der Waals surface area contributed by atoms with E-state index in [2.05, 4.69) is 4.74 Å². The van der Waals surface area contributed by atoms with Crippen LogP contribution in [0.15, 0.2) is 24.3 Å². The van der Waals surface area contributed by atoms with Crippen molar-refractivity contribution in [3.63, 3.8) is 0 Å². The van der Waals surface area contributed by atoms with Crippen LogP contribution in [0.4, 0.5) is 8.78 Å². The lowest BCUT2D eigenvalue weighted by Crippen LogP contribution is -2.04. The fourth-order valence-electron chi connectivity index (χ4n) is 1.26. The molecule has 5 heteroatoms. The smallest absolute Gasteiger partial charge is 0.387 e. The average Bonchev–Trinajstić information content (AvgIpc) is 2.26. The van der Waals surface area contributed by atoms with E-state index in [-0.39, 0.29) is 30.2 Å². The fraction of sp³-hybridized carbons (Fsp3) is 0.333. The molecule has 0 radical (unpaired) electrons. The molecule has 0 N–H and O–H groups in total. The summed E-state index contributed by atoms with van der Waals surface area (Å²) in [5.41, 5.74) is 0.382. The van der Waals surface area contributed by atoms with E-state index >= 15 is 0 Å². The highest BCUT2D eigenvalue weighted by atomic mass is 19.3. The number of ether oxygens (including phenoxy) is 1. The van der Waals surface area contributed by atoms with E-state index in [1.54, 1.807) is 0 Å². The molecule has 0 aromatic heterocycles. The van der Waals surface area contributed by atoms with Gasteiger partial charge in [-0.3, -0.25) is 4.79 Å². The van der Waals surface area contributed by atoms with E-state index in [0.29, 0.717) is 5.56 Å². The molecule has 0 saturated carbocycles. The zero-order valence-electron chi connectivity index (χ0n) is 9.28. The van der Waals surface area contributed by atoms with Crippen LogP contribution in [0.5, 0.6) is 5.75 Å². The molecule has 0 heterocycles. The molecular formula is C12H12F2O3. The first-order valence-electron chi connectivity index (χ1n) is 5.06. The molecule has 0 spiro atoms. The average molecular weight is 242 g/mol. The zero-order chi connectivity index (χ0) is 12.8. The number of Topliss-reactive ketones (excluding diaryl/α,β-unsaturated/α-hetero) is 2. The van der Waals surface area contributed by atoms with Crippen LogP contribution in [0.3, 0.4) is 0 Å². The summed E-state index contributed by atoms with van der Waals surface area (Å²) in [4.78, 5) is 22.2. The van der Waals surface area contributed by atoms with Crippen LogP contribution in [-0.4, -0.2) is 18.2 Å². The van der Waals surface area contributed by atoms with Crippen molar-refractivity contribution in [1.29, 1.82) is 0 Å². The second kappa shape index (κ2) is 6.08. The first-order chi connectivity index (χ1) is 7.99. The Balaban J connectivity index is 2.60. The molecule has 3 nitrogen and oxygen atoms in total. The van der Waals surface area contributed by atoms with Gasteiger partial charge in [0, 0.05) is 18.4 Å². The molecule has 1 aromatic rings. The maximum absolute atomic E-state index is 11.9. The van der Waals surface area contributed by atoms with Gasteiger partial charge in [0.15, 0.2) is 5.78 Å². The molecule has 0 aliphatic carbocycles. The second-order valence-corrected chi connectivity index (χ2v) is 3.53. The number of carbonyl (C=O) groups excluding carboxylic acids is 2. The zero-order valence-corrected chi connectivity index (χ0v) is 9.28. The van der Waals surface area contributed by atoms with Gasteiger partial charge in [0.1, 0.15) is 11.5 Å². The van der Waals surface area contributed by atoms with Crippen molar-refractivity contribution in [3.8, 4) is 5.75 Å². The van der Waals surface area contributed by atoms with E-state index in [4.69, 9.17) is 0 Å². The molecule has 0 saturated heterocycles. The Morgan fingerprint density at radius 2 is 1.76 bits per heavy atom. The summed E-state index contributed by atoms with van der Waals surface area (Å²) < 4.78 is 27.9. The molecular weight excluding hydrogens is 230 g/mol. The Morgan fingerprint density at radius 3 is 2.24 bits per heavy atom. The van der Waals surface area contributed by atoms with Crippen LogP contribution < -0.4 is 4.74 Å². The number of carbonyl (C=O) groups is 2. The lowest BCUT2D eigenvalue weighted by atomic mass is 10.1. The largest absolute Gasteiger partial charge is 0.435 e. The predicted molar refractivity (Wildman–Crippen MR) is 57.3 cm³/mol. The quantitative estimate of drug-likeness (QED) is 0.720. The van der Waals surface area contributed by atoms with Crippen molar-refractivity contribution >= 4 is 11.6 Å². The molecule has 0 amide bonds. The van der Waals surface area contributed by atoms with Gasteiger partial charge in [-0.1, -0.05) is 0 Å². The monoisotopic (exact) mass is 242 g/mol. The summed E-state index contributed by atoms with van der Waals surface area (Å²) in [6, 6.07) is 5.40. The third kappa shape index (κ3) is 4.72. The molecule has 17 heavy (non-hydrogen) atoms. The fourth-order valence-corrected chi connectivity index (χ4v) is 1.26. The number of hydrogen-bond acceptors (Lipinski definition) is 3. The van der Waals surface area contributed by atoms with Gasteiger partial charge in [-0.2, -0.15) is 8.78 Å². The summed E-state index contributed by atoms with van der Waals surface area (Å²) in [6.45, 7) is -1.47. The van der Waals surface area contributed by atoms with Crippen LogP contribution in [0.25, 0.3) is 0 Å². The molecule has 0 bridgehead atoms. The third-order valence-corrected chi connectivity index (χ3v) is 2.11. The van der Waals surface area contributed by atoms with Crippen molar-refractivity contribution in [2.45, 2.75) is 26.4 Å². The lowest BCUT2D eigenvalue weighted by molar-refractivity contribution is -0.117. The molecule has 0 atom stereocenters. The number of rotatable bonds is 6. The topological polar surface area (TPSA) is 43.4 Å². The summed E-state index contributed by atoms with van der Waals surface area (Å²) in [7, 11) is 0. The Bertz CT molecular complexity index is 399. The Labute approximate surface area is 97.4 Å². The maximum Gasteiger partial charge on any atom is 0.387 e. The highest BCUT2D eigenvalue weighted by Gasteiger charge is 2.08. The van der Waals surface area contributed by atoms with E-state index in [1.165, 1.54) is 31.2 Å². The maximum atomic E-state index is 11.9. The first-order valence-corrected chi connectivity index (χ1v) is 5.06. The Morgan fingerprint density at radius 1 is 1.18 bits per heavy atom. The molecule has 92 valence electrons. The van der Waals surface area contributed by atoms with E-state index < -0.39 is 6.61 Å². The number of hydrogen-bond donors (Lipinski definition) is 0. The molecule has 0 aliphatic rings. The SMILES string of the molecule is CC(=O)CCC(=O)c1ccc(OC(F)F)cc1. The van der Waals surface area contributed by atoms with Crippen molar-refractivity contribution in [2.75, 3.05) is 0 Å². The van der Waals surface area contributed by atoms with E-state index in [1.807, 2.05) is 0 Å². The first kappa shape index (κ1) is 13.3. The van der Waals surface area contributed by atoms with Crippen molar-refractivity contribution in [2.24, 2.45) is 0 Å². The van der Waals surface area contributed by atoms with Crippen molar-refractivity contribution in [3.05, 3.63) is 29.8 Å². The normalized spacial score (nSPS) is 10.4. The summed E-state index contributed by atoms with van der Waals surface area (Å²) in [6.07, 6.45) is 0.318. The van der Waals surface area contributed by atoms with Crippen molar-refractivity contribution < 1.29 is 23.1 Å². The predicted octanol–water partition coefficient (Wildman–Crippen LogP) is 2.84. The van der Waals surface area contributed by atoms with Crippen LogP contribution >= 0.6 is 0 Å². The summed E-state index contributed by atoms with van der Waals surface area (Å²) in [5, 5.41) is 0. The minimum absolute atomic E-state index is 0.00289. The molecule has 0 aliphatic heterocycles. The van der Waals surface area contributed by atoms with Gasteiger partial charge in [0.2, 0.25) is 0 Å². The minimum Gasteiger partial charge on any atom is -0.435 e. The summed E-state index contributed by atoms with van der Waals surface area (Å²) >= 11 is 0. The van der Waals surface area contributed by atoms with Crippen LogP contribution in [0.1, 0.15) is 30.1 Å². The lowest BCUT2D eigenvalue weighted by Gasteiger charge is -2.05. The minimum atomic E-state index is -2.88. The van der Waals surface area contributed by atoms with Gasteiger partial charge in [0.25, 0.3) is 0 Å². The van der Waals surface area contributed by atoms with Gasteiger partial charge >= 0.3 is 6.61 Å². The van der Waals surface area contributed by atoms with Crippen LogP contribution in [0.2, 0.25) is 0 Å². The Kier molecular flexibility index (Phi) is 4.75. The van der Waals surface area contributed by atoms with Gasteiger partial charge in [0.05, 0.1) is 0 Å². The number of halogens is 2. The van der Waals surface area contributed by atoms with E-state index in [9.17, 15) is 18.4 Å². The molecule has 1 rings (SSSR count). The molecule has 0 fully saturated rings. The van der Waals surface area contributed by atoms with Crippen LogP contribution in [-0.2, 0) is 4.79 Å².